The van der Waals surface area contributed by atoms with E-state index in [0.717, 1.165) is 0 Å². The third-order valence-corrected chi connectivity index (χ3v) is 6.94. The molecule has 0 aliphatic heterocycles. The van der Waals surface area contributed by atoms with E-state index >= 15 is 0 Å². The molecule has 0 aliphatic carbocycles. The first-order chi connectivity index (χ1) is 23.4. The van der Waals surface area contributed by atoms with Crippen LogP contribution < -0.4 is 10.1 Å². The van der Waals surface area contributed by atoms with E-state index in [1.165, 1.54) is 54.9 Å². The monoisotopic (exact) mass is 689 g/mol. The molecular formula is C31H19ClF3N9O5. The Kier molecular flexibility index (Phi) is 8.74. The Hall–Kier alpha value is -6.62. The van der Waals surface area contributed by atoms with Crippen molar-refractivity contribution in [3.63, 3.8) is 0 Å². The molecule has 0 radical (unpaired) electrons. The van der Waals surface area contributed by atoms with Gasteiger partial charge < -0.3 is 10.1 Å². The molecule has 7 rings (SSSR count). The second-order valence-corrected chi connectivity index (χ2v) is 10.5. The van der Waals surface area contributed by atoms with E-state index in [0.29, 0.717) is 50.5 Å². The van der Waals surface area contributed by atoms with Crippen molar-refractivity contribution in [2.24, 2.45) is 0 Å². The molecule has 0 aliphatic rings. The van der Waals surface area contributed by atoms with Gasteiger partial charge in [-0.25, -0.2) is 19.9 Å². The Morgan fingerprint density at radius 3 is 1.80 bits per heavy atom. The predicted octanol–water partition coefficient (Wildman–Crippen LogP) is 7.90. The molecule has 0 saturated carbocycles. The van der Waals surface area contributed by atoms with E-state index in [2.05, 4.69) is 30.0 Å². The lowest BCUT2D eigenvalue weighted by atomic mass is 10.1. The summed E-state index contributed by atoms with van der Waals surface area (Å²) < 4.78 is 43.9. The number of benzene rings is 3. The molecule has 49 heavy (non-hydrogen) atoms. The topological polar surface area (TPSA) is 168 Å². The van der Waals surface area contributed by atoms with Gasteiger partial charge in [0, 0.05) is 65.6 Å². The van der Waals surface area contributed by atoms with Gasteiger partial charge in [0.15, 0.2) is 0 Å². The van der Waals surface area contributed by atoms with E-state index in [9.17, 15) is 33.4 Å². The molecule has 0 unspecified atom stereocenters. The van der Waals surface area contributed by atoms with Crippen molar-refractivity contribution < 1.29 is 27.8 Å². The maximum absolute atomic E-state index is 12.2. The van der Waals surface area contributed by atoms with Crippen LogP contribution >= 0.6 is 11.6 Å². The minimum atomic E-state index is -4.75. The third kappa shape index (κ3) is 7.86. The molecule has 0 bridgehead atoms. The van der Waals surface area contributed by atoms with E-state index < -0.39 is 16.2 Å². The number of rotatable bonds is 7. The highest BCUT2D eigenvalue weighted by atomic mass is 35.5. The molecule has 4 heterocycles. The van der Waals surface area contributed by atoms with Crippen LogP contribution in [-0.4, -0.2) is 44.9 Å². The standard InChI is InChI=1S/C19H12F3N5O3.C12H7ClN4O2/c20-19(21,22)30-15-6-4-13(5-7-15)24-17-9-18-25-16(10-26(18)11-23-17)12-2-1-3-14(8-12)27(28)29;13-11-5-12-15-10(6-16(12)7-14-11)8-2-1-3-9(4-8)17(18)19/h1-11,24H;1-7H. The third-order valence-electron chi connectivity index (χ3n) is 6.73. The molecule has 14 nitrogen and oxygen atoms in total. The van der Waals surface area contributed by atoms with Crippen molar-refractivity contribution in [1.82, 2.24) is 28.7 Å². The van der Waals surface area contributed by atoms with Crippen molar-refractivity contribution in [1.29, 1.82) is 0 Å². The summed E-state index contributed by atoms with van der Waals surface area (Å²) in [6.07, 6.45) is 1.74. The van der Waals surface area contributed by atoms with Crippen molar-refractivity contribution >= 4 is 45.8 Å². The summed E-state index contributed by atoms with van der Waals surface area (Å²) in [5, 5.41) is 25.0. The average molecular weight is 690 g/mol. The Morgan fingerprint density at radius 1 is 0.735 bits per heavy atom. The maximum atomic E-state index is 12.2. The van der Waals surface area contributed by atoms with E-state index in [1.807, 2.05) is 0 Å². The number of fused-ring (bicyclic) bond motifs is 2. The van der Waals surface area contributed by atoms with E-state index in [-0.39, 0.29) is 17.1 Å². The zero-order chi connectivity index (χ0) is 34.7. The predicted molar refractivity (Wildman–Crippen MR) is 172 cm³/mol. The van der Waals surface area contributed by atoms with Crippen LogP contribution in [0.2, 0.25) is 5.15 Å². The van der Waals surface area contributed by atoms with Gasteiger partial charge in [-0.15, -0.1) is 13.2 Å². The zero-order valence-corrected chi connectivity index (χ0v) is 25.3. The molecule has 0 amide bonds. The Morgan fingerprint density at radius 2 is 1.27 bits per heavy atom. The number of non-ortho nitro benzene ring substituents is 2. The molecule has 0 saturated heterocycles. The molecule has 1 N–H and O–H groups in total. The number of aromatic nitrogens is 6. The molecule has 246 valence electrons. The number of ether oxygens (including phenoxy) is 1. The summed E-state index contributed by atoms with van der Waals surface area (Å²) in [4.78, 5) is 37.8. The number of nitro groups is 2. The van der Waals surface area contributed by atoms with Gasteiger partial charge in [-0.2, -0.15) is 0 Å². The number of imidazole rings is 2. The van der Waals surface area contributed by atoms with Crippen LogP contribution in [0, 0.1) is 20.2 Å². The summed E-state index contributed by atoms with van der Waals surface area (Å²) in [7, 11) is 0. The number of alkyl halides is 3. The maximum Gasteiger partial charge on any atom is 0.573 e. The number of halogens is 4. The van der Waals surface area contributed by atoms with Crippen LogP contribution in [-0.2, 0) is 0 Å². The van der Waals surface area contributed by atoms with E-state index in [1.54, 1.807) is 63.9 Å². The van der Waals surface area contributed by atoms with Gasteiger partial charge in [0.2, 0.25) is 0 Å². The molecule has 0 atom stereocenters. The smallest absolute Gasteiger partial charge is 0.406 e. The van der Waals surface area contributed by atoms with Gasteiger partial charge in [-0.05, 0) is 24.3 Å². The van der Waals surface area contributed by atoms with Crippen LogP contribution in [0.5, 0.6) is 5.75 Å². The quantitative estimate of drug-likeness (QED) is 0.0986. The summed E-state index contributed by atoms with van der Waals surface area (Å²) in [5.41, 5.74) is 4.10. The summed E-state index contributed by atoms with van der Waals surface area (Å²) >= 11 is 5.79. The van der Waals surface area contributed by atoms with Crippen LogP contribution in [0.4, 0.5) is 36.1 Å². The lowest BCUT2D eigenvalue weighted by Gasteiger charge is -2.10. The highest BCUT2D eigenvalue weighted by molar-refractivity contribution is 6.29. The van der Waals surface area contributed by atoms with Gasteiger partial charge in [-0.1, -0.05) is 35.9 Å². The first-order valence-electron chi connectivity index (χ1n) is 13.9. The fraction of sp³-hybridized carbons (Fsp3) is 0.0323. The normalized spacial score (nSPS) is 11.2. The lowest BCUT2D eigenvalue weighted by Crippen LogP contribution is -2.16. The van der Waals surface area contributed by atoms with Gasteiger partial charge in [-0.3, -0.25) is 29.0 Å². The largest absolute Gasteiger partial charge is 0.573 e. The molecule has 7 aromatic rings. The second kappa shape index (κ2) is 13.2. The minimum absolute atomic E-state index is 0.0331. The van der Waals surface area contributed by atoms with Gasteiger partial charge >= 0.3 is 6.36 Å². The molecular weight excluding hydrogens is 671 g/mol. The van der Waals surface area contributed by atoms with Crippen molar-refractivity contribution in [3.8, 4) is 28.3 Å². The Balaban J connectivity index is 0.000000188. The van der Waals surface area contributed by atoms with E-state index in [4.69, 9.17) is 11.6 Å². The molecule has 0 fully saturated rings. The van der Waals surface area contributed by atoms with Crippen LogP contribution in [0.15, 0.2) is 110 Å². The number of nitro benzene ring substituents is 2. The lowest BCUT2D eigenvalue weighted by molar-refractivity contribution is -0.385. The SMILES string of the molecule is O=[N+]([O-])c1cccc(-c2cn3cnc(Cl)cc3n2)c1.O=[N+]([O-])c1cccc(-c2cn3cnc(Nc4ccc(OC(F)(F)F)cc4)cc3n2)c1. The number of nitrogens with one attached hydrogen (secondary N) is 1. The summed E-state index contributed by atoms with van der Waals surface area (Å²) in [5.74, 6) is 0.0921. The number of nitrogens with zero attached hydrogens (tertiary/aromatic N) is 8. The highest BCUT2D eigenvalue weighted by Crippen LogP contribution is 2.27. The first kappa shape index (κ1) is 32.3. The van der Waals surface area contributed by atoms with Crippen molar-refractivity contribution in [2.45, 2.75) is 6.36 Å². The van der Waals surface area contributed by atoms with Gasteiger partial charge in [0.05, 0.1) is 21.2 Å². The molecule has 18 heteroatoms. The Labute approximate surface area is 277 Å². The molecule has 3 aromatic carbocycles. The minimum Gasteiger partial charge on any atom is -0.406 e. The summed E-state index contributed by atoms with van der Waals surface area (Å²) in [6.45, 7) is 0. The second-order valence-electron chi connectivity index (χ2n) is 10.1. The molecule has 0 spiro atoms. The summed E-state index contributed by atoms with van der Waals surface area (Å²) in [6, 6.07) is 20.9. The fourth-order valence-electron chi connectivity index (χ4n) is 4.55. The van der Waals surface area contributed by atoms with Crippen molar-refractivity contribution in [3.05, 3.63) is 135 Å². The Bertz CT molecular complexity index is 2330. The number of anilines is 2. The van der Waals surface area contributed by atoms with Crippen LogP contribution in [0.3, 0.4) is 0 Å². The van der Waals surface area contributed by atoms with Crippen molar-refractivity contribution in [2.75, 3.05) is 5.32 Å². The van der Waals surface area contributed by atoms with Gasteiger partial charge in [0.1, 0.15) is 40.7 Å². The number of hydrogen-bond donors (Lipinski definition) is 1. The van der Waals surface area contributed by atoms with Crippen LogP contribution in [0.25, 0.3) is 33.8 Å². The average Bonchev–Trinajstić information content (AvgIpc) is 3.69. The van der Waals surface area contributed by atoms with Gasteiger partial charge in [0.25, 0.3) is 11.4 Å². The molecule has 4 aromatic heterocycles. The number of hydrogen-bond acceptors (Lipinski definition) is 10. The highest BCUT2D eigenvalue weighted by Gasteiger charge is 2.31. The zero-order valence-electron chi connectivity index (χ0n) is 24.5. The first-order valence-corrected chi connectivity index (χ1v) is 14.3. The fourth-order valence-corrected chi connectivity index (χ4v) is 4.69. The van der Waals surface area contributed by atoms with Crippen LogP contribution in [0.1, 0.15) is 0 Å².